The second-order valence-corrected chi connectivity index (χ2v) is 4.85. The van der Waals surface area contributed by atoms with Crippen molar-refractivity contribution in [1.29, 1.82) is 0 Å². The van der Waals surface area contributed by atoms with Crippen LogP contribution in [-0.2, 0) is 4.79 Å². The van der Waals surface area contributed by atoms with Gasteiger partial charge in [0.05, 0.1) is 0 Å². The zero-order valence-corrected chi connectivity index (χ0v) is 9.81. The van der Waals surface area contributed by atoms with Crippen molar-refractivity contribution in [3.63, 3.8) is 0 Å². The van der Waals surface area contributed by atoms with E-state index >= 15 is 0 Å². The predicted octanol–water partition coefficient (Wildman–Crippen LogP) is 0.765. The molecule has 0 radical (unpaired) electrons. The van der Waals surface area contributed by atoms with Gasteiger partial charge in [-0.2, -0.15) is 0 Å². The van der Waals surface area contributed by atoms with Gasteiger partial charge in [-0.05, 0) is 25.2 Å². The molecule has 1 aliphatic heterocycles. The van der Waals surface area contributed by atoms with Crippen LogP contribution in [0.3, 0.4) is 0 Å². The van der Waals surface area contributed by atoms with E-state index in [9.17, 15) is 4.79 Å². The van der Waals surface area contributed by atoms with Crippen LogP contribution < -0.4 is 5.73 Å². The Bertz CT molecular complexity index is 233. The third kappa shape index (κ3) is 2.69. The highest BCUT2D eigenvalue weighted by Crippen LogP contribution is 2.28. The summed E-state index contributed by atoms with van der Waals surface area (Å²) >= 11 is 0. The highest BCUT2D eigenvalue weighted by atomic mass is 16.4. The number of likely N-dealkylation sites (tertiary alicyclic amines) is 1. The normalized spacial score (nSPS) is 35.1. The molecule has 0 aromatic carbocycles. The molecule has 0 aromatic heterocycles. The molecular formula is C11H22N2O2. The standard InChI is InChI=1S/C11H22N2O2/c1-7-4-8(2)9(3)13(6-7)10(5-12)11(14)15/h7-10H,4-6,12H2,1-3H3,(H,14,15). The van der Waals surface area contributed by atoms with Crippen molar-refractivity contribution < 1.29 is 9.90 Å². The van der Waals surface area contributed by atoms with E-state index in [1.807, 2.05) is 4.90 Å². The molecule has 1 heterocycles. The minimum Gasteiger partial charge on any atom is -0.480 e. The van der Waals surface area contributed by atoms with Gasteiger partial charge in [0.2, 0.25) is 0 Å². The van der Waals surface area contributed by atoms with Gasteiger partial charge in [-0.1, -0.05) is 13.8 Å². The Morgan fingerprint density at radius 2 is 2.13 bits per heavy atom. The number of carboxylic acid groups (broad SMARTS) is 1. The summed E-state index contributed by atoms with van der Waals surface area (Å²) in [6.45, 7) is 7.49. The number of rotatable bonds is 3. The highest BCUT2D eigenvalue weighted by Gasteiger charge is 2.35. The van der Waals surface area contributed by atoms with Gasteiger partial charge in [-0.25, -0.2) is 0 Å². The fraction of sp³-hybridized carbons (Fsp3) is 0.909. The average molecular weight is 214 g/mol. The van der Waals surface area contributed by atoms with Crippen LogP contribution in [0.5, 0.6) is 0 Å². The fourth-order valence-corrected chi connectivity index (χ4v) is 2.55. The average Bonchev–Trinajstić information content (AvgIpc) is 2.13. The van der Waals surface area contributed by atoms with Crippen LogP contribution in [0.25, 0.3) is 0 Å². The molecule has 4 unspecified atom stereocenters. The van der Waals surface area contributed by atoms with E-state index in [1.165, 1.54) is 6.42 Å². The fourth-order valence-electron chi connectivity index (χ4n) is 2.55. The Balaban J connectivity index is 2.76. The van der Waals surface area contributed by atoms with E-state index in [0.29, 0.717) is 17.9 Å². The molecule has 4 heteroatoms. The van der Waals surface area contributed by atoms with Gasteiger partial charge in [0.25, 0.3) is 0 Å². The van der Waals surface area contributed by atoms with Crippen LogP contribution in [0, 0.1) is 11.8 Å². The summed E-state index contributed by atoms with van der Waals surface area (Å²) in [7, 11) is 0. The van der Waals surface area contributed by atoms with E-state index in [-0.39, 0.29) is 6.54 Å². The maximum atomic E-state index is 11.1. The van der Waals surface area contributed by atoms with Crippen molar-refractivity contribution in [2.75, 3.05) is 13.1 Å². The van der Waals surface area contributed by atoms with Gasteiger partial charge >= 0.3 is 5.97 Å². The van der Waals surface area contributed by atoms with E-state index in [2.05, 4.69) is 20.8 Å². The van der Waals surface area contributed by atoms with Gasteiger partial charge in [0.15, 0.2) is 0 Å². The summed E-state index contributed by atoms with van der Waals surface area (Å²) in [5.41, 5.74) is 5.54. The van der Waals surface area contributed by atoms with Crippen molar-refractivity contribution in [3.05, 3.63) is 0 Å². The molecule has 4 atom stereocenters. The lowest BCUT2D eigenvalue weighted by Crippen LogP contribution is -2.56. The molecule has 0 saturated carbocycles. The number of carbonyl (C=O) groups is 1. The van der Waals surface area contributed by atoms with Crippen molar-refractivity contribution in [3.8, 4) is 0 Å². The monoisotopic (exact) mass is 214 g/mol. The molecule has 1 saturated heterocycles. The number of aliphatic carboxylic acids is 1. The van der Waals surface area contributed by atoms with Crippen molar-refractivity contribution in [2.24, 2.45) is 17.6 Å². The van der Waals surface area contributed by atoms with Crippen molar-refractivity contribution in [2.45, 2.75) is 39.3 Å². The summed E-state index contributed by atoms with van der Waals surface area (Å²) in [6.07, 6.45) is 1.18. The molecule has 0 aliphatic carbocycles. The van der Waals surface area contributed by atoms with E-state index < -0.39 is 12.0 Å². The quantitative estimate of drug-likeness (QED) is 0.728. The number of nitrogens with two attached hydrogens (primary N) is 1. The lowest BCUT2D eigenvalue weighted by molar-refractivity contribution is -0.145. The first-order chi connectivity index (χ1) is 6.97. The zero-order valence-electron chi connectivity index (χ0n) is 9.81. The van der Waals surface area contributed by atoms with Gasteiger partial charge < -0.3 is 10.8 Å². The zero-order chi connectivity index (χ0) is 11.6. The lowest BCUT2D eigenvalue weighted by atomic mass is 9.85. The Morgan fingerprint density at radius 1 is 1.53 bits per heavy atom. The van der Waals surface area contributed by atoms with Crippen molar-refractivity contribution >= 4 is 5.97 Å². The number of piperidine rings is 1. The SMILES string of the molecule is CC1CC(C)C(C)N(C(CN)C(=O)O)C1. The maximum Gasteiger partial charge on any atom is 0.322 e. The Kier molecular flexibility index (Phi) is 4.11. The molecule has 15 heavy (non-hydrogen) atoms. The van der Waals surface area contributed by atoms with E-state index in [0.717, 1.165) is 6.54 Å². The minimum absolute atomic E-state index is 0.194. The molecule has 4 nitrogen and oxygen atoms in total. The molecule has 0 amide bonds. The Morgan fingerprint density at radius 3 is 2.60 bits per heavy atom. The Labute approximate surface area is 91.4 Å². The molecule has 0 spiro atoms. The van der Waals surface area contributed by atoms with Gasteiger partial charge in [0, 0.05) is 19.1 Å². The van der Waals surface area contributed by atoms with Crippen LogP contribution in [0.2, 0.25) is 0 Å². The molecule has 0 aromatic rings. The maximum absolute atomic E-state index is 11.1. The summed E-state index contributed by atoms with van der Waals surface area (Å²) in [5, 5.41) is 9.09. The molecule has 1 rings (SSSR count). The van der Waals surface area contributed by atoms with Gasteiger partial charge in [0.1, 0.15) is 6.04 Å². The topological polar surface area (TPSA) is 66.6 Å². The summed E-state index contributed by atoms with van der Waals surface area (Å²) in [6, 6.07) is -0.212. The summed E-state index contributed by atoms with van der Waals surface area (Å²) in [4.78, 5) is 13.1. The van der Waals surface area contributed by atoms with Crippen LogP contribution in [0.4, 0.5) is 0 Å². The summed E-state index contributed by atoms with van der Waals surface area (Å²) in [5.74, 6) is 0.303. The van der Waals surface area contributed by atoms with Crippen LogP contribution in [0.15, 0.2) is 0 Å². The van der Waals surface area contributed by atoms with E-state index in [1.54, 1.807) is 0 Å². The molecular weight excluding hydrogens is 192 g/mol. The molecule has 88 valence electrons. The first-order valence-corrected chi connectivity index (χ1v) is 5.66. The van der Waals surface area contributed by atoms with E-state index in [4.69, 9.17) is 10.8 Å². The van der Waals surface area contributed by atoms with Gasteiger partial charge in [-0.15, -0.1) is 0 Å². The minimum atomic E-state index is -0.800. The highest BCUT2D eigenvalue weighted by molar-refractivity contribution is 5.73. The molecule has 0 bridgehead atoms. The smallest absolute Gasteiger partial charge is 0.322 e. The summed E-state index contributed by atoms with van der Waals surface area (Å²) < 4.78 is 0. The first-order valence-electron chi connectivity index (χ1n) is 5.66. The third-order valence-corrected chi connectivity index (χ3v) is 3.55. The molecule has 1 aliphatic rings. The van der Waals surface area contributed by atoms with Crippen molar-refractivity contribution in [1.82, 2.24) is 4.90 Å². The lowest BCUT2D eigenvalue weighted by Gasteiger charge is -2.43. The van der Waals surface area contributed by atoms with Crippen LogP contribution >= 0.6 is 0 Å². The third-order valence-electron chi connectivity index (χ3n) is 3.55. The van der Waals surface area contributed by atoms with Gasteiger partial charge in [-0.3, -0.25) is 9.69 Å². The second kappa shape index (κ2) is 4.94. The van der Waals surface area contributed by atoms with Crippen LogP contribution in [0.1, 0.15) is 27.2 Å². The number of hydrogen-bond acceptors (Lipinski definition) is 3. The number of nitrogens with zero attached hydrogens (tertiary/aromatic N) is 1. The second-order valence-electron chi connectivity index (χ2n) is 4.85. The number of hydrogen-bond donors (Lipinski definition) is 2. The Hall–Kier alpha value is -0.610. The number of carboxylic acids is 1. The predicted molar refractivity (Wildman–Crippen MR) is 59.6 cm³/mol. The molecule has 3 N–H and O–H groups in total. The molecule has 1 fully saturated rings. The first kappa shape index (κ1) is 12.5. The largest absolute Gasteiger partial charge is 0.480 e. The van der Waals surface area contributed by atoms with Crippen LogP contribution in [-0.4, -0.2) is 41.1 Å².